The topological polar surface area (TPSA) is 104 Å². The van der Waals surface area contributed by atoms with Crippen molar-refractivity contribution in [3.63, 3.8) is 0 Å². The van der Waals surface area contributed by atoms with Crippen molar-refractivity contribution in [1.29, 1.82) is 0 Å². The quantitative estimate of drug-likeness (QED) is 0.310. The molecule has 1 N–H and O–H groups in total. The molecule has 1 fully saturated rings. The Labute approximate surface area is 248 Å². The molecule has 4 rings (SSSR count). The van der Waals surface area contributed by atoms with Crippen LogP contribution in [-0.4, -0.2) is 80.5 Å². The van der Waals surface area contributed by atoms with Crippen molar-refractivity contribution in [3.05, 3.63) is 53.6 Å². The van der Waals surface area contributed by atoms with Gasteiger partial charge >= 0.3 is 5.97 Å². The molecule has 0 spiro atoms. The zero-order valence-corrected chi connectivity index (χ0v) is 25.2. The molecule has 0 saturated heterocycles. The van der Waals surface area contributed by atoms with Crippen LogP contribution in [0.3, 0.4) is 0 Å². The first-order valence-corrected chi connectivity index (χ1v) is 14.8. The second kappa shape index (κ2) is 14.7. The van der Waals surface area contributed by atoms with Crippen molar-refractivity contribution in [1.82, 2.24) is 15.1 Å². The van der Waals surface area contributed by atoms with Gasteiger partial charge in [-0.3, -0.25) is 19.7 Å². The van der Waals surface area contributed by atoms with Crippen LogP contribution in [-0.2, 0) is 20.9 Å². The van der Waals surface area contributed by atoms with Gasteiger partial charge in [0.1, 0.15) is 12.3 Å². The summed E-state index contributed by atoms with van der Waals surface area (Å²) in [6.45, 7) is 2.71. The number of esters is 1. The minimum absolute atomic E-state index is 0.0660. The summed E-state index contributed by atoms with van der Waals surface area (Å²) in [4.78, 5) is 48.5. The van der Waals surface area contributed by atoms with Gasteiger partial charge in [0.25, 0.3) is 5.91 Å². The van der Waals surface area contributed by atoms with Gasteiger partial charge < -0.3 is 24.2 Å². The van der Waals surface area contributed by atoms with E-state index in [9.17, 15) is 14.4 Å². The van der Waals surface area contributed by atoms with Gasteiger partial charge in [-0.2, -0.15) is 0 Å². The number of anilines is 1. The van der Waals surface area contributed by atoms with Crippen LogP contribution in [0, 0.1) is 0 Å². The van der Waals surface area contributed by atoms with E-state index in [2.05, 4.69) is 10.3 Å². The Balaban J connectivity index is 1.41. The average molecular weight is 578 g/mol. The molecule has 2 aromatic carbocycles. The minimum Gasteiger partial charge on any atom is -0.494 e. The van der Waals surface area contributed by atoms with E-state index >= 15 is 0 Å². The van der Waals surface area contributed by atoms with Gasteiger partial charge in [0, 0.05) is 51.4 Å². The number of amides is 2. The third kappa shape index (κ3) is 8.02. The molecule has 10 heteroatoms. The molecular weight excluding hydrogens is 534 g/mol. The summed E-state index contributed by atoms with van der Waals surface area (Å²) < 4.78 is 11.2. The van der Waals surface area contributed by atoms with E-state index in [0.717, 1.165) is 24.1 Å². The summed E-state index contributed by atoms with van der Waals surface area (Å²) >= 11 is 0. The molecule has 2 aliphatic rings. The molecule has 1 saturated carbocycles. The molecule has 226 valence electrons. The maximum atomic E-state index is 13.3. The lowest BCUT2D eigenvalue weighted by molar-refractivity contribution is -0.143. The van der Waals surface area contributed by atoms with Crippen LogP contribution >= 0.6 is 0 Å². The highest BCUT2D eigenvalue weighted by molar-refractivity contribution is 6.09. The Bertz CT molecular complexity index is 1290. The van der Waals surface area contributed by atoms with Gasteiger partial charge in [-0.1, -0.05) is 31.4 Å². The minimum atomic E-state index is -0.410. The number of carbonyl (C=O) groups is 3. The van der Waals surface area contributed by atoms with Gasteiger partial charge in [-0.05, 0) is 56.5 Å². The summed E-state index contributed by atoms with van der Waals surface area (Å²) in [5.74, 6) is 0.386. The van der Waals surface area contributed by atoms with Gasteiger partial charge in [-0.15, -0.1) is 0 Å². The van der Waals surface area contributed by atoms with Crippen molar-refractivity contribution in [3.8, 4) is 5.75 Å². The Morgan fingerprint density at radius 1 is 1.05 bits per heavy atom. The maximum Gasteiger partial charge on any atom is 0.325 e. The van der Waals surface area contributed by atoms with Gasteiger partial charge in [0.2, 0.25) is 11.9 Å². The van der Waals surface area contributed by atoms with E-state index in [1.807, 2.05) is 67.3 Å². The zero-order valence-electron chi connectivity index (χ0n) is 25.2. The summed E-state index contributed by atoms with van der Waals surface area (Å²) in [5.41, 5.74) is 2.81. The third-order valence-electron chi connectivity index (χ3n) is 7.74. The van der Waals surface area contributed by atoms with Gasteiger partial charge in [0.15, 0.2) is 0 Å². The Kier molecular flexibility index (Phi) is 10.8. The molecule has 0 atom stereocenters. The number of benzene rings is 2. The Morgan fingerprint density at radius 2 is 1.81 bits per heavy atom. The number of hydrogen-bond donors (Lipinski definition) is 1. The van der Waals surface area contributed by atoms with Crippen LogP contribution in [0.5, 0.6) is 5.75 Å². The zero-order chi connectivity index (χ0) is 30.1. The van der Waals surface area contributed by atoms with Crippen molar-refractivity contribution in [2.45, 2.75) is 64.5 Å². The normalized spacial score (nSPS) is 14.9. The Morgan fingerprint density at radius 3 is 2.55 bits per heavy atom. The maximum absolute atomic E-state index is 13.3. The summed E-state index contributed by atoms with van der Waals surface area (Å²) in [6.07, 6.45) is 6.93. The molecule has 42 heavy (non-hydrogen) atoms. The highest BCUT2D eigenvalue weighted by atomic mass is 16.5. The van der Waals surface area contributed by atoms with Crippen molar-refractivity contribution < 1.29 is 23.9 Å². The summed E-state index contributed by atoms with van der Waals surface area (Å²) in [6, 6.07) is 13.2. The summed E-state index contributed by atoms with van der Waals surface area (Å²) in [5, 5.41) is 2.90. The molecule has 0 bridgehead atoms. The SMILES string of the molecule is CCOC(=O)CN1Cc2cc(OCCCC(=O)N(C)C3CCCCC3)ccc2N=C1NC(=O)c1ccccc1N(C)C. The molecule has 10 nitrogen and oxygen atoms in total. The predicted molar refractivity (Wildman–Crippen MR) is 163 cm³/mol. The van der Waals surface area contributed by atoms with E-state index in [0.29, 0.717) is 49.0 Å². The first-order chi connectivity index (χ1) is 20.3. The fourth-order valence-corrected chi connectivity index (χ4v) is 5.44. The van der Waals surface area contributed by atoms with Crippen molar-refractivity contribution >= 4 is 35.1 Å². The smallest absolute Gasteiger partial charge is 0.325 e. The van der Waals surface area contributed by atoms with Gasteiger partial charge in [-0.25, -0.2) is 4.99 Å². The predicted octanol–water partition coefficient (Wildman–Crippen LogP) is 4.50. The number of hydrogen-bond acceptors (Lipinski definition) is 8. The number of nitrogens with zero attached hydrogens (tertiary/aromatic N) is 4. The fourth-order valence-electron chi connectivity index (χ4n) is 5.44. The highest BCUT2D eigenvalue weighted by Gasteiger charge is 2.26. The van der Waals surface area contributed by atoms with Crippen molar-refractivity contribution in [2.24, 2.45) is 4.99 Å². The molecule has 1 aliphatic carbocycles. The van der Waals surface area contributed by atoms with E-state index in [4.69, 9.17) is 9.47 Å². The van der Waals surface area contributed by atoms with E-state index in [1.54, 1.807) is 17.9 Å². The highest BCUT2D eigenvalue weighted by Crippen LogP contribution is 2.30. The second-order valence-electron chi connectivity index (χ2n) is 11.0. The standard InChI is InChI=1S/C32H43N5O5/c1-5-41-30(39)22-37-21-23-20-25(42-19-11-16-29(38)36(4)24-12-7-6-8-13-24)17-18-27(23)33-32(37)34-31(40)26-14-9-10-15-28(26)35(2)3/h9-10,14-15,17-18,20,24H,5-8,11-13,16,19,21-22H2,1-4H3,(H,33,34,40). The molecule has 1 aliphatic heterocycles. The van der Waals surface area contributed by atoms with E-state index in [1.165, 1.54) is 19.3 Å². The van der Waals surface area contributed by atoms with Crippen LogP contribution in [0.25, 0.3) is 0 Å². The lowest BCUT2D eigenvalue weighted by atomic mass is 9.94. The number of fused-ring (bicyclic) bond motifs is 1. The number of ether oxygens (including phenoxy) is 2. The van der Waals surface area contributed by atoms with Crippen LogP contribution in [0.2, 0.25) is 0 Å². The molecule has 2 aromatic rings. The van der Waals surface area contributed by atoms with Crippen LogP contribution in [0.15, 0.2) is 47.5 Å². The lowest BCUT2D eigenvalue weighted by Crippen LogP contribution is -2.47. The van der Waals surface area contributed by atoms with Crippen LogP contribution in [0.4, 0.5) is 11.4 Å². The van der Waals surface area contributed by atoms with Gasteiger partial charge in [0.05, 0.1) is 24.5 Å². The number of carbonyl (C=O) groups excluding carboxylic acids is 3. The fraction of sp³-hybridized carbons (Fsp3) is 0.500. The van der Waals surface area contributed by atoms with Crippen molar-refractivity contribution in [2.75, 3.05) is 45.8 Å². The molecule has 0 unspecified atom stereocenters. The molecule has 2 amide bonds. The van der Waals surface area contributed by atoms with Crippen LogP contribution in [0.1, 0.15) is 67.8 Å². The molecule has 0 radical (unpaired) electrons. The Hall–Kier alpha value is -4.08. The largest absolute Gasteiger partial charge is 0.494 e. The average Bonchev–Trinajstić information content (AvgIpc) is 2.99. The number of rotatable bonds is 11. The third-order valence-corrected chi connectivity index (χ3v) is 7.74. The second-order valence-corrected chi connectivity index (χ2v) is 11.0. The molecule has 1 heterocycles. The van der Waals surface area contributed by atoms with E-state index in [-0.39, 0.29) is 30.9 Å². The first-order valence-electron chi connectivity index (χ1n) is 14.8. The first kappa shape index (κ1) is 30.9. The van der Waals surface area contributed by atoms with E-state index < -0.39 is 5.97 Å². The monoisotopic (exact) mass is 577 g/mol. The number of aliphatic imine (C=N–C) groups is 1. The number of nitrogens with one attached hydrogen (secondary N) is 1. The summed E-state index contributed by atoms with van der Waals surface area (Å²) in [7, 11) is 5.67. The van der Waals surface area contributed by atoms with Crippen LogP contribution < -0.4 is 15.0 Å². The number of para-hydroxylation sites is 1. The molecular formula is C32H43N5O5. The number of guanidine groups is 1. The molecule has 0 aromatic heterocycles. The lowest BCUT2D eigenvalue weighted by Gasteiger charge is -2.31.